The minimum absolute atomic E-state index is 0. The van der Waals surface area contributed by atoms with Gasteiger partial charge in [-0.2, -0.15) is 0 Å². The number of nitrogens with zero attached hydrogens (tertiary/aromatic N) is 3. The van der Waals surface area contributed by atoms with Gasteiger partial charge >= 0.3 is 0 Å². The fourth-order valence-corrected chi connectivity index (χ4v) is 3.96. The molecule has 1 atom stereocenters. The van der Waals surface area contributed by atoms with Gasteiger partial charge in [0.05, 0.1) is 12.6 Å². The molecule has 2 aromatic heterocycles. The van der Waals surface area contributed by atoms with Crippen LogP contribution in [0.15, 0.2) is 42.7 Å². The average Bonchev–Trinajstić information content (AvgIpc) is 2.76. The normalized spacial score (nSPS) is 16.0. The van der Waals surface area contributed by atoms with E-state index in [2.05, 4.69) is 33.6 Å². The van der Waals surface area contributed by atoms with Crippen LogP contribution in [-0.4, -0.2) is 39.7 Å². The van der Waals surface area contributed by atoms with E-state index in [1.54, 1.807) is 12.4 Å². The van der Waals surface area contributed by atoms with Gasteiger partial charge in [-0.15, -0.1) is 0 Å². The fraction of sp³-hybridized carbons (Fsp3) is 0.381. The number of pyridine rings is 1. The Bertz CT molecular complexity index is 891. The number of aromatic nitrogens is 2. The molecule has 1 aromatic carbocycles. The molecule has 0 bridgehead atoms. The lowest BCUT2D eigenvalue weighted by Crippen LogP contribution is -2.21. The number of hydrogen-bond donors (Lipinski definition) is 1. The van der Waals surface area contributed by atoms with Crippen molar-refractivity contribution in [2.24, 2.45) is 0 Å². The molecule has 138 valence electrons. The molecular formula is C21H26ClN3O. The number of aliphatic hydroxyl groups excluding tert-OH is 1. The monoisotopic (exact) mass is 371 g/mol. The standard InChI is InChI=1S/C20H22ClN3O.CH4/c1-23-9-6-16-17-11-15(21)4-5-18(17)24(19(16)7-10-23)13-20(25)14-3-2-8-22-12-14;/h2-5,8,11-12,20,25H,6-7,9-10,13H2,1H3;1H4. The zero-order valence-electron chi connectivity index (χ0n) is 14.3. The van der Waals surface area contributed by atoms with Crippen molar-refractivity contribution in [1.82, 2.24) is 14.5 Å². The lowest BCUT2D eigenvalue weighted by molar-refractivity contribution is 0.156. The predicted molar refractivity (Wildman–Crippen MR) is 108 cm³/mol. The molecule has 3 aromatic rings. The summed E-state index contributed by atoms with van der Waals surface area (Å²) in [4.78, 5) is 6.49. The van der Waals surface area contributed by atoms with Crippen molar-refractivity contribution in [3.8, 4) is 0 Å². The molecule has 5 heteroatoms. The molecule has 0 aliphatic carbocycles. The summed E-state index contributed by atoms with van der Waals surface area (Å²) in [5, 5.41) is 12.7. The van der Waals surface area contributed by atoms with Gasteiger partial charge in [0.2, 0.25) is 0 Å². The highest BCUT2D eigenvalue weighted by Gasteiger charge is 2.22. The quantitative estimate of drug-likeness (QED) is 0.753. The molecule has 1 aliphatic heterocycles. The van der Waals surface area contributed by atoms with Crippen LogP contribution in [0.4, 0.5) is 0 Å². The van der Waals surface area contributed by atoms with Crippen LogP contribution in [0.1, 0.15) is 30.4 Å². The molecule has 4 rings (SSSR count). The van der Waals surface area contributed by atoms with E-state index in [0.29, 0.717) is 6.54 Å². The lowest BCUT2D eigenvalue weighted by Gasteiger charge is -2.17. The number of halogens is 1. The third-order valence-electron chi connectivity index (χ3n) is 5.15. The number of hydrogen-bond acceptors (Lipinski definition) is 3. The van der Waals surface area contributed by atoms with E-state index in [1.807, 2.05) is 18.2 Å². The number of rotatable bonds is 3. The molecule has 0 amide bonds. The molecule has 0 spiro atoms. The van der Waals surface area contributed by atoms with Crippen LogP contribution in [0, 0.1) is 0 Å². The third kappa shape index (κ3) is 3.50. The first-order chi connectivity index (χ1) is 12.1. The van der Waals surface area contributed by atoms with Crippen molar-refractivity contribution in [2.45, 2.75) is 32.9 Å². The molecule has 1 N–H and O–H groups in total. The summed E-state index contributed by atoms with van der Waals surface area (Å²) < 4.78 is 2.28. The zero-order chi connectivity index (χ0) is 17.4. The van der Waals surface area contributed by atoms with Gasteiger partial charge in [-0.3, -0.25) is 4.98 Å². The van der Waals surface area contributed by atoms with Crippen LogP contribution in [0.3, 0.4) is 0 Å². The van der Waals surface area contributed by atoms with E-state index < -0.39 is 6.10 Å². The van der Waals surface area contributed by atoms with Crippen LogP contribution in [0.2, 0.25) is 5.02 Å². The first-order valence-corrected chi connectivity index (χ1v) is 9.07. The summed E-state index contributed by atoms with van der Waals surface area (Å²) in [6, 6.07) is 9.86. The van der Waals surface area contributed by atoms with Crippen LogP contribution < -0.4 is 0 Å². The largest absolute Gasteiger partial charge is 0.386 e. The first-order valence-electron chi connectivity index (χ1n) is 8.69. The summed E-state index contributed by atoms with van der Waals surface area (Å²) in [6.45, 7) is 2.60. The van der Waals surface area contributed by atoms with E-state index in [1.165, 1.54) is 16.6 Å². The van der Waals surface area contributed by atoms with Gasteiger partial charge < -0.3 is 14.6 Å². The maximum absolute atomic E-state index is 10.7. The van der Waals surface area contributed by atoms with E-state index in [4.69, 9.17) is 11.6 Å². The van der Waals surface area contributed by atoms with Gasteiger partial charge in [0.25, 0.3) is 0 Å². The van der Waals surface area contributed by atoms with Crippen molar-refractivity contribution in [3.05, 3.63) is 64.6 Å². The van der Waals surface area contributed by atoms with Gasteiger partial charge in [0.15, 0.2) is 0 Å². The Morgan fingerprint density at radius 3 is 2.81 bits per heavy atom. The Labute approximate surface area is 160 Å². The number of benzene rings is 1. The van der Waals surface area contributed by atoms with Gasteiger partial charge in [0, 0.05) is 59.1 Å². The topological polar surface area (TPSA) is 41.3 Å². The smallest absolute Gasteiger partial charge is 0.0983 e. The Kier molecular flexibility index (Phi) is 5.66. The number of fused-ring (bicyclic) bond motifs is 3. The van der Waals surface area contributed by atoms with Crippen molar-refractivity contribution in [1.29, 1.82) is 0 Å². The second kappa shape index (κ2) is 7.78. The second-order valence-corrected chi connectivity index (χ2v) is 7.24. The second-order valence-electron chi connectivity index (χ2n) is 6.80. The molecule has 0 saturated heterocycles. The Morgan fingerprint density at radius 1 is 1.23 bits per heavy atom. The highest BCUT2D eigenvalue weighted by atomic mass is 35.5. The summed E-state index contributed by atoms with van der Waals surface area (Å²) in [7, 11) is 2.16. The van der Waals surface area contributed by atoms with Crippen molar-refractivity contribution >= 4 is 22.5 Å². The Hall–Kier alpha value is -1.88. The molecule has 0 radical (unpaired) electrons. The van der Waals surface area contributed by atoms with E-state index in [-0.39, 0.29) is 7.43 Å². The summed E-state index contributed by atoms with van der Waals surface area (Å²) in [5.41, 5.74) is 4.70. The van der Waals surface area contributed by atoms with Crippen LogP contribution >= 0.6 is 11.6 Å². The van der Waals surface area contributed by atoms with E-state index in [0.717, 1.165) is 42.0 Å². The number of likely N-dealkylation sites (N-methyl/N-ethyl adjacent to an activating group) is 1. The minimum atomic E-state index is -0.579. The first kappa shape index (κ1) is 18.9. The van der Waals surface area contributed by atoms with Gasteiger partial charge in [-0.25, -0.2) is 0 Å². The molecule has 0 saturated carbocycles. The maximum atomic E-state index is 10.7. The highest BCUT2D eigenvalue weighted by molar-refractivity contribution is 6.31. The van der Waals surface area contributed by atoms with Crippen molar-refractivity contribution < 1.29 is 5.11 Å². The predicted octanol–water partition coefficient (Wildman–Crippen LogP) is 4.09. The average molecular weight is 372 g/mol. The van der Waals surface area contributed by atoms with Crippen LogP contribution in [-0.2, 0) is 19.4 Å². The molecule has 26 heavy (non-hydrogen) atoms. The maximum Gasteiger partial charge on any atom is 0.0983 e. The van der Waals surface area contributed by atoms with E-state index >= 15 is 0 Å². The lowest BCUT2D eigenvalue weighted by atomic mass is 10.1. The molecule has 0 fully saturated rings. The van der Waals surface area contributed by atoms with Crippen molar-refractivity contribution in [2.75, 3.05) is 20.1 Å². The van der Waals surface area contributed by atoms with Crippen molar-refractivity contribution in [3.63, 3.8) is 0 Å². The molecule has 4 nitrogen and oxygen atoms in total. The fourth-order valence-electron chi connectivity index (χ4n) is 3.79. The van der Waals surface area contributed by atoms with Crippen LogP contribution in [0.25, 0.3) is 10.9 Å². The summed E-state index contributed by atoms with van der Waals surface area (Å²) >= 11 is 6.26. The molecule has 1 unspecified atom stereocenters. The SMILES string of the molecule is C.CN1CCc2c(n(CC(O)c3cccnc3)c3ccc(Cl)cc23)CC1. The van der Waals surface area contributed by atoms with Gasteiger partial charge in [-0.05, 0) is 43.3 Å². The van der Waals surface area contributed by atoms with Crippen LogP contribution in [0.5, 0.6) is 0 Å². The molecular weight excluding hydrogens is 346 g/mol. The molecule has 3 heterocycles. The minimum Gasteiger partial charge on any atom is -0.386 e. The van der Waals surface area contributed by atoms with E-state index in [9.17, 15) is 5.11 Å². The Morgan fingerprint density at radius 2 is 2.04 bits per heavy atom. The highest BCUT2D eigenvalue weighted by Crippen LogP contribution is 2.32. The third-order valence-corrected chi connectivity index (χ3v) is 5.38. The zero-order valence-corrected chi connectivity index (χ0v) is 15.1. The Balaban J connectivity index is 0.00000196. The number of aliphatic hydroxyl groups is 1. The summed E-state index contributed by atoms with van der Waals surface area (Å²) in [6.07, 6.45) is 4.88. The van der Waals surface area contributed by atoms with Gasteiger partial charge in [0.1, 0.15) is 0 Å². The molecule has 1 aliphatic rings. The van der Waals surface area contributed by atoms with Gasteiger partial charge in [-0.1, -0.05) is 25.1 Å². The summed E-state index contributed by atoms with van der Waals surface area (Å²) in [5.74, 6) is 0.